The molecule has 0 unspecified atom stereocenters. The molecule has 1 aromatic heterocycles. The highest BCUT2D eigenvalue weighted by Crippen LogP contribution is 2.21. The molecule has 17 heavy (non-hydrogen) atoms. The highest BCUT2D eigenvalue weighted by molar-refractivity contribution is 7.12. The van der Waals surface area contributed by atoms with Gasteiger partial charge in [0.1, 0.15) is 5.82 Å². The van der Waals surface area contributed by atoms with Gasteiger partial charge >= 0.3 is 0 Å². The normalized spacial score (nSPS) is 10.9. The van der Waals surface area contributed by atoms with Crippen molar-refractivity contribution in [1.82, 2.24) is 0 Å². The molecule has 0 spiro atoms. The summed E-state index contributed by atoms with van der Waals surface area (Å²) in [4.78, 5) is 12.3. The Morgan fingerprint density at radius 3 is 2.76 bits per heavy atom. The summed E-state index contributed by atoms with van der Waals surface area (Å²) in [6, 6.07) is 7.93. The zero-order chi connectivity index (χ0) is 12.3. The van der Waals surface area contributed by atoms with Crippen molar-refractivity contribution < 1.29 is 9.18 Å². The zero-order valence-electron chi connectivity index (χ0n) is 8.69. The predicted octanol–water partition coefficient (Wildman–Crippen LogP) is 4.44. The lowest BCUT2D eigenvalue weighted by Crippen LogP contribution is -1.90. The Kier molecular flexibility index (Phi) is 3.71. The van der Waals surface area contributed by atoms with Crippen LogP contribution in [0.15, 0.2) is 41.8 Å². The number of allylic oxidation sites excluding steroid dienone is 1. The fourth-order valence-electron chi connectivity index (χ4n) is 1.33. The summed E-state index contributed by atoms with van der Waals surface area (Å²) >= 11 is 7.18. The summed E-state index contributed by atoms with van der Waals surface area (Å²) in [5.74, 6) is -0.591. The Labute approximate surface area is 107 Å². The second-order valence-electron chi connectivity index (χ2n) is 3.31. The van der Waals surface area contributed by atoms with Crippen LogP contribution in [0.25, 0.3) is 6.08 Å². The van der Waals surface area contributed by atoms with Gasteiger partial charge in [-0.05, 0) is 35.7 Å². The number of carbonyl (C=O) groups excluding carboxylic acids is 1. The van der Waals surface area contributed by atoms with Crippen LogP contribution in [0.2, 0.25) is 5.02 Å². The van der Waals surface area contributed by atoms with Gasteiger partial charge in [-0.3, -0.25) is 4.79 Å². The Bertz CT molecular complexity index is 541. The molecule has 1 heterocycles. The smallest absolute Gasteiger partial charge is 0.195 e. The Morgan fingerprint density at radius 2 is 2.12 bits per heavy atom. The van der Waals surface area contributed by atoms with Crippen LogP contribution in [0, 0.1) is 5.82 Å². The van der Waals surface area contributed by atoms with E-state index in [0.29, 0.717) is 9.90 Å². The maximum atomic E-state index is 13.4. The van der Waals surface area contributed by atoms with Crippen LogP contribution in [0.5, 0.6) is 0 Å². The van der Waals surface area contributed by atoms with Crippen molar-refractivity contribution >= 4 is 34.8 Å². The number of ketones is 1. The molecule has 2 rings (SSSR count). The summed E-state index contributed by atoms with van der Waals surface area (Å²) < 4.78 is 13.4. The molecule has 0 fully saturated rings. The minimum absolute atomic E-state index is 0.153. The first-order valence-corrected chi connectivity index (χ1v) is 6.14. The molecule has 1 aromatic carbocycles. The molecule has 0 N–H and O–H groups in total. The molecule has 0 atom stereocenters. The SMILES string of the molecule is O=C(/C=C\c1c(F)cccc1Cl)c1cccs1. The van der Waals surface area contributed by atoms with Crippen molar-refractivity contribution in [3.8, 4) is 0 Å². The second-order valence-corrected chi connectivity index (χ2v) is 4.67. The minimum atomic E-state index is -0.437. The van der Waals surface area contributed by atoms with Crippen molar-refractivity contribution in [2.45, 2.75) is 0 Å². The largest absolute Gasteiger partial charge is 0.288 e. The summed E-state index contributed by atoms with van der Waals surface area (Å²) in [7, 11) is 0. The van der Waals surface area contributed by atoms with E-state index in [1.54, 1.807) is 18.2 Å². The molecule has 0 saturated carbocycles. The van der Waals surface area contributed by atoms with Crippen molar-refractivity contribution in [1.29, 1.82) is 0 Å². The first-order chi connectivity index (χ1) is 8.18. The van der Waals surface area contributed by atoms with Crippen LogP contribution in [0.1, 0.15) is 15.2 Å². The Balaban J connectivity index is 2.24. The predicted molar refractivity (Wildman–Crippen MR) is 69.1 cm³/mol. The molecular formula is C13H8ClFOS. The van der Waals surface area contributed by atoms with Gasteiger partial charge in [0.2, 0.25) is 0 Å². The van der Waals surface area contributed by atoms with E-state index in [1.165, 1.54) is 35.6 Å². The molecule has 1 nitrogen and oxygen atoms in total. The topological polar surface area (TPSA) is 17.1 Å². The van der Waals surface area contributed by atoms with E-state index in [2.05, 4.69) is 0 Å². The van der Waals surface area contributed by atoms with Gasteiger partial charge in [0, 0.05) is 5.56 Å². The van der Waals surface area contributed by atoms with E-state index in [9.17, 15) is 9.18 Å². The van der Waals surface area contributed by atoms with Crippen LogP contribution in [0.3, 0.4) is 0 Å². The molecule has 0 amide bonds. The van der Waals surface area contributed by atoms with E-state index in [0.717, 1.165) is 0 Å². The Hall–Kier alpha value is -1.45. The lowest BCUT2D eigenvalue weighted by atomic mass is 10.1. The van der Waals surface area contributed by atoms with Crippen molar-refractivity contribution in [3.63, 3.8) is 0 Å². The van der Waals surface area contributed by atoms with Crippen LogP contribution in [-0.2, 0) is 0 Å². The van der Waals surface area contributed by atoms with E-state index in [4.69, 9.17) is 11.6 Å². The van der Waals surface area contributed by atoms with Gasteiger partial charge in [-0.25, -0.2) is 4.39 Å². The number of hydrogen-bond acceptors (Lipinski definition) is 2. The average Bonchev–Trinajstić information content (AvgIpc) is 2.81. The number of thiophene rings is 1. The number of halogens is 2. The molecule has 0 radical (unpaired) electrons. The molecule has 0 aliphatic heterocycles. The molecule has 2 aromatic rings. The third-order valence-electron chi connectivity index (χ3n) is 2.17. The number of benzene rings is 1. The van der Waals surface area contributed by atoms with Gasteiger partial charge in [-0.2, -0.15) is 0 Å². The zero-order valence-corrected chi connectivity index (χ0v) is 10.3. The van der Waals surface area contributed by atoms with Crippen LogP contribution >= 0.6 is 22.9 Å². The van der Waals surface area contributed by atoms with E-state index in [1.807, 2.05) is 5.38 Å². The first-order valence-electron chi connectivity index (χ1n) is 4.88. The maximum Gasteiger partial charge on any atom is 0.195 e. The molecule has 0 saturated heterocycles. The van der Waals surface area contributed by atoms with E-state index >= 15 is 0 Å². The van der Waals surface area contributed by atoms with Gasteiger partial charge in [-0.1, -0.05) is 23.7 Å². The van der Waals surface area contributed by atoms with Crippen LogP contribution in [-0.4, -0.2) is 5.78 Å². The third-order valence-corrected chi connectivity index (χ3v) is 3.38. The van der Waals surface area contributed by atoms with Gasteiger partial charge in [0.25, 0.3) is 0 Å². The monoisotopic (exact) mass is 266 g/mol. The van der Waals surface area contributed by atoms with Crippen LogP contribution in [0.4, 0.5) is 4.39 Å². The minimum Gasteiger partial charge on any atom is -0.288 e. The third kappa shape index (κ3) is 2.81. The Morgan fingerprint density at radius 1 is 1.29 bits per heavy atom. The van der Waals surface area contributed by atoms with E-state index in [-0.39, 0.29) is 11.3 Å². The maximum absolute atomic E-state index is 13.4. The highest BCUT2D eigenvalue weighted by atomic mass is 35.5. The summed E-state index contributed by atoms with van der Waals surface area (Å²) in [6.45, 7) is 0. The summed E-state index contributed by atoms with van der Waals surface area (Å²) in [5.41, 5.74) is 0.235. The second kappa shape index (κ2) is 5.25. The van der Waals surface area contributed by atoms with Gasteiger partial charge in [0.15, 0.2) is 5.78 Å². The number of carbonyl (C=O) groups is 1. The lowest BCUT2D eigenvalue weighted by molar-refractivity contribution is 0.105. The first kappa shape index (κ1) is 12.0. The summed E-state index contributed by atoms with van der Waals surface area (Å²) in [5, 5.41) is 2.11. The van der Waals surface area contributed by atoms with Gasteiger partial charge < -0.3 is 0 Å². The van der Waals surface area contributed by atoms with Crippen molar-refractivity contribution in [2.24, 2.45) is 0 Å². The molecule has 86 valence electrons. The van der Waals surface area contributed by atoms with Crippen molar-refractivity contribution in [3.05, 3.63) is 63.1 Å². The van der Waals surface area contributed by atoms with Gasteiger partial charge in [-0.15, -0.1) is 11.3 Å². The van der Waals surface area contributed by atoms with Crippen LogP contribution < -0.4 is 0 Å². The quantitative estimate of drug-likeness (QED) is 0.593. The fourth-order valence-corrected chi connectivity index (χ4v) is 2.20. The fraction of sp³-hybridized carbons (Fsp3) is 0. The van der Waals surface area contributed by atoms with Gasteiger partial charge in [0.05, 0.1) is 9.90 Å². The molecule has 0 bridgehead atoms. The molecule has 0 aliphatic carbocycles. The number of rotatable bonds is 3. The number of hydrogen-bond donors (Lipinski definition) is 0. The highest BCUT2D eigenvalue weighted by Gasteiger charge is 2.05. The molecule has 4 heteroatoms. The van der Waals surface area contributed by atoms with E-state index < -0.39 is 5.82 Å². The molecular weight excluding hydrogens is 259 g/mol. The standard InChI is InChI=1S/C13H8ClFOS/c14-10-3-1-4-11(15)9(10)6-7-12(16)13-5-2-8-17-13/h1-8H/b7-6-. The molecule has 0 aliphatic rings. The van der Waals surface area contributed by atoms with Crippen molar-refractivity contribution in [2.75, 3.05) is 0 Å². The lowest BCUT2D eigenvalue weighted by Gasteiger charge is -1.98. The average molecular weight is 267 g/mol. The summed E-state index contributed by atoms with van der Waals surface area (Å²) in [6.07, 6.45) is 2.73.